The minimum atomic E-state index is -1.20. The normalized spacial score (nSPS) is 20.9. The maximum Gasteiger partial charge on any atom is 0.295 e. The highest BCUT2D eigenvalue weighted by molar-refractivity contribution is 5.49. The molecule has 2 rings (SSSR count). The van der Waals surface area contributed by atoms with Crippen LogP contribution in [0.2, 0.25) is 0 Å². The topological polar surface area (TPSA) is 123 Å². The number of para-hydroxylation sites is 1. The summed E-state index contributed by atoms with van der Waals surface area (Å²) in [6, 6.07) is 5.11. The van der Waals surface area contributed by atoms with Gasteiger partial charge >= 0.3 is 0 Å². The number of ether oxygens (including phenoxy) is 2. The number of nitrogens with one attached hydrogen (secondary N) is 1. The fraction of sp³-hybridized carbons (Fsp3) is 0.600. The zero-order valence-corrected chi connectivity index (χ0v) is 13.5. The van der Waals surface area contributed by atoms with Gasteiger partial charge in [0.2, 0.25) is 0 Å². The van der Waals surface area contributed by atoms with Crippen molar-refractivity contribution in [1.29, 1.82) is 0 Å². The van der Waals surface area contributed by atoms with Crippen LogP contribution in [0.5, 0.6) is 11.5 Å². The number of benzene rings is 1. The molecule has 0 aromatic heterocycles. The molecule has 24 heavy (non-hydrogen) atoms. The largest absolute Gasteiger partial charge is 0.487 e. The molecule has 1 aromatic carbocycles. The SMILES string of the molecule is CC(C)NCC(O)COc1cccc2c1OCC(O[N+](=O)[O-])C2O. The van der Waals surface area contributed by atoms with Gasteiger partial charge in [0.25, 0.3) is 5.09 Å². The van der Waals surface area contributed by atoms with E-state index >= 15 is 0 Å². The second-order valence-corrected chi connectivity index (χ2v) is 5.83. The molecule has 1 aromatic rings. The van der Waals surface area contributed by atoms with Crippen LogP contribution < -0.4 is 14.8 Å². The Labute approximate surface area is 139 Å². The fourth-order valence-electron chi connectivity index (χ4n) is 2.31. The van der Waals surface area contributed by atoms with Gasteiger partial charge in [0.05, 0.1) is 0 Å². The smallest absolute Gasteiger partial charge is 0.295 e. The quantitative estimate of drug-likeness (QED) is 0.459. The first-order valence-electron chi connectivity index (χ1n) is 7.67. The Balaban J connectivity index is 2.02. The van der Waals surface area contributed by atoms with Crippen molar-refractivity contribution in [2.24, 2.45) is 0 Å². The van der Waals surface area contributed by atoms with Crippen molar-refractivity contribution >= 4 is 0 Å². The van der Waals surface area contributed by atoms with Gasteiger partial charge in [0, 0.05) is 18.2 Å². The number of aliphatic hydroxyl groups excluding tert-OH is 2. The molecule has 9 heteroatoms. The predicted octanol–water partition coefficient (Wildman–Crippen LogP) is 0.427. The first-order chi connectivity index (χ1) is 11.4. The molecule has 3 N–H and O–H groups in total. The van der Waals surface area contributed by atoms with Gasteiger partial charge in [-0.05, 0) is 6.07 Å². The lowest BCUT2D eigenvalue weighted by atomic mass is 10.0. The third kappa shape index (κ3) is 4.70. The van der Waals surface area contributed by atoms with Crippen molar-refractivity contribution in [2.75, 3.05) is 19.8 Å². The summed E-state index contributed by atoms with van der Waals surface area (Å²) < 4.78 is 11.0. The highest BCUT2D eigenvalue weighted by Crippen LogP contribution is 2.40. The summed E-state index contributed by atoms with van der Waals surface area (Å²) >= 11 is 0. The number of hydrogen-bond donors (Lipinski definition) is 3. The van der Waals surface area contributed by atoms with E-state index in [1.54, 1.807) is 18.2 Å². The molecule has 0 aliphatic carbocycles. The molecule has 1 aliphatic heterocycles. The predicted molar refractivity (Wildman–Crippen MR) is 83.4 cm³/mol. The Morgan fingerprint density at radius 3 is 2.92 bits per heavy atom. The fourth-order valence-corrected chi connectivity index (χ4v) is 2.31. The van der Waals surface area contributed by atoms with Crippen molar-refractivity contribution in [3.63, 3.8) is 0 Å². The van der Waals surface area contributed by atoms with Crippen LogP contribution in [0, 0.1) is 10.1 Å². The molecule has 0 bridgehead atoms. The lowest BCUT2D eigenvalue weighted by Gasteiger charge is -2.29. The molecule has 3 unspecified atom stereocenters. The molecule has 0 fully saturated rings. The molecular weight excluding hydrogens is 320 g/mol. The van der Waals surface area contributed by atoms with Gasteiger partial charge in [0.15, 0.2) is 17.6 Å². The van der Waals surface area contributed by atoms with Gasteiger partial charge in [0.1, 0.15) is 25.4 Å². The van der Waals surface area contributed by atoms with Crippen molar-refractivity contribution in [3.05, 3.63) is 33.9 Å². The van der Waals surface area contributed by atoms with Gasteiger partial charge in [-0.1, -0.05) is 26.0 Å². The van der Waals surface area contributed by atoms with Crippen LogP contribution in [0.1, 0.15) is 25.5 Å². The minimum Gasteiger partial charge on any atom is -0.487 e. The maximum atomic E-state index is 10.4. The molecule has 134 valence electrons. The Bertz CT molecular complexity index is 567. The first kappa shape index (κ1) is 18.2. The number of fused-ring (bicyclic) bond motifs is 1. The molecular formula is C15H22N2O7. The van der Waals surface area contributed by atoms with Crippen LogP contribution in [0.25, 0.3) is 0 Å². The van der Waals surface area contributed by atoms with E-state index in [1.165, 1.54) is 0 Å². The lowest BCUT2D eigenvalue weighted by molar-refractivity contribution is -0.771. The first-order valence-corrected chi connectivity index (χ1v) is 7.67. The van der Waals surface area contributed by atoms with Crippen molar-refractivity contribution < 1.29 is 29.6 Å². The molecule has 0 saturated heterocycles. The van der Waals surface area contributed by atoms with Gasteiger partial charge in [-0.25, -0.2) is 0 Å². The third-order valence-corrected chi connectivity index (χ3v) is 3.49. The summed E-state index contributed by atoms with van der Waals surface area (Å²) in [6.45, 7) is 4.20. The summed E-state index contributed by atoms with van der Waals surface area (Å²) in [5, 5.41) is 32.6. The Kier molecular flexibility index (Phi) is 6.18. The second-order valence-electron chi connectivity index (χ2n) is 5.83. The average Bonchev–Trinajstić information content (AvgIpc) is 2.53. The van der Waals surface area contributed by atoms with Crippen LogP contribution in [0.3, 0.4) is 0 Å². The molecule has 0 radical (unpaired) electrons. The molecule has 1 aliphatic rings. The van der Waals surface area contributed by atoms with E-state index in [-0.39, 0.29) is 19.3 Å². The van der Waals surface area contributed by atoms with Gasteiger partial charge in [-0.2, -0.15) is 0 Å². The van der Waals surface area contributed by atoms with Crippen molar-refractivity contribution in [1.82, 2.24) is 5.32 Å². The number of hydrogen-bond acceptors (Lipinski definition) is 8. The van der Waals surface area contributed by atoms with Gasteiger partial charge in [-0.15, -0.1) is 10.1 Å². The molecule has 9 nitrogen and oxygen atoms in total. The Morgan fingerprint density at radius 2 is 2.25 bits per heavy atom. The van der Waals surface area contributed by atoms with E-state index in [9.17, 15) is 20.3 Å². The van der Waals surface area contributed by atoms with Crippen LogP contribution >= 0.6 is 0 Å². The van der Waals surface area contributed by atoms with E-state index in [4.69, 9.17) is 9.47 Å². The average molecular weight is 342 g/mol. The molecule has 3 atom stereocenters. The highest BCUT2D eigenvalue weighted by atomic mass is 17.0. The Hall–Kier alpha value is -2.10. The highest BCUT2D eigenvalue weighted by Gasteiger charge is 2.34. The summed E-state index contributed by atoms with van der Waals surface area (Å²) in [7, 11) is 0. The standard InChI is InChI=1S/C15H22N2O7/c1-9(2)16-6-10(18)7-22-12-5-3-4-11-14(19)13(24-17(20)21)8-23-15(11)12/h3-5,9-10,13-14,16,18-19H,6-8H2,1-2H3. The lowest BCUT2D eigenvalue weighted by Crippen LogP contribution is -2.36. The van der Waals surface area contributed by atoms with E-state index in [0.29, 0.717) is 23.6 Å². The van der Waals surface area contributed by atoms with Crippen LogP contribution in [-0.2, 0) is 4.84 Å². The zero-order valence-electron chi connectivity index (χ0n) is 13.5. The minimum absolute atomic E-state index is 0.0461. The number of nitrogens with zero attached hydrogens (tertiary/aromatic N) is 1. The molecule has 0 amide bonds. The van der Waals surface area contributed by atoms with Crippen molar-refractivity contribution in [3.8, 4) is 11.5 Å². The summed E-state index contributed by atoms with van der Waals surface area (Å²) in [5.41, 5.74) is 0.348. The van der Waals surface area contributed by atoms with E-state index in [1.807, 2.05) is 13.8 Å². The maximum absolute atomic E-state index is 10.4. The molecule has 0 spiro atoms. The Morgan fingerprint density at radius 1 is 1.50 bits per heavy atom. The number of rotatable bonds is 8. The van der Waals surface area contributed by atoms with Gasteiger partial charge in [-0.3, -0.25) is 0 Å². The molecule has 0 saturated carbocycles. The van der Waals surface area contributed by atoms with Gasteiger partial charge < -0.3 is 29.8 Å². The van der Waals surface area contributed by atoms with Crippen molar-refractivity contribution in [2.45, 2.75) is 38.2 Å². The second kappa shape index (κ2) is 8.13. The zero-order chi connectivity index (χ0) is 17.7. The monoisotopic (exact) mass is 342 g/mol. The summed E-state index contributed by atoms with van der Waals surface area (Å²) in [4.78, 5) is 14.8. The van der Waals surface area contributed by atoms with Crippen LogP contribution in [-0.4, -0.2) is 53.3 Å². The van der Waals surface area contributed by atoms with Crippen LogP contribution in [0.4, 0.5) is 0 Å². The summed E-state index contributed by atoms with van der Waals surface area (Å²) in [5.74, 6) is 0.659. The van der Waals surface area contributed by atoms with Crippen LogP contribution in [0.15, 0.2) is 18.2 Å². The molecule has 1 heterocycles. The van der Waals surface area contributed by atoms with E-state index in [2.05, 4.69) is 10.2 Å². The third-order valence-electron chi connectivity index (χ3n) is 3.49. The summed E-state index contributed by atoms with van der Waals surface area (Å²) in [6.07, 6.45) is -3.00. The van der Waals surface area contributed by atoms with E-state index < -0.39 is 23.4 Å². The number of aliphatic hydroxyl groups is 2. The van der Waals surface area contributed by atoms with E-state index in [0.717, 1.165) is 0 Å².